The third-order valence-electron chi connectivity index (χ3n) is 6.61. The molecule has 1 fully saturated rings. The summed E-state index contributed by atoms with van der Waals surface area (Å²) < 4.78 is 20.0. The van der Waals surface area contributed by atoms with E-state index in [-0.39, 0.29) is 17.9 Å². The summed E-state index contributed by atoms with van der Waals surface area (Å²) in [5.74, 6) is -2.44. The lowest BCUT2D eigenvalue weighted by atomic mass is 9.86. The highest BCUT2D eigenvalue weighted by molar-refractivity contribution is 5.98. The topological polar surface area (TPSA) is 129 Å². The van der Waals surface area contributed by atoms with Crippen molar-refractivity contribution in [2.75, 3.05) is 19.0 Å². The molecule has 34 heavy (non-hydrogen) atoms. The zero-order valence-electron chi connectivity index (χ0n) is 18.6. The van der Waals surface area contributed by atoms with E-state index >= 15 is 0 Å². The number of carbonyl (C=O) groups is 3. The van der Waals surface area contributed by atoms with E-state index in [0.29, 0.717) is 54.9 Å². The number of carboxylic acid groups (broad SMARTS) is 1. The summed E-state index contributed by atoms with van der Waals surface area (Å²) in [4.78, 5) is 36.2. The molecule has 1 aliphatic heterocycles. The van der Waals surface area contributed by atoms with Gasteiger partial charge in [0.15, 0.2) is 0 Å². The Morgan fingerprint density at radius 2 is 2.09 bits per heavy atom. The van der Waals surface area contributed by atoms with Crippen LogP contribution in [0.1, 0.15) is 52.7 Å². The number of aryl methyl sites for hydroxylation is 1. The minimum atomic E-state index is -0.898. The Morgan fingerprint density at radius 1 is 1.29 bits per heavy atom. The van der Waals surface area contributed by atoms with Gasteiger partial charge in [-0.2, -0.15) is 5.26 Å². The second-order valence-corrected chi connectivity index (χ2v) is 8.64. The molecule has 0 unspecified atom stereocenters. The molecule has 0 bridgehead atoms. The number of nitrogens with zero attached hydrogens (tertiary/aromatic N) is 1. The lowest BCUT2D eigenvalue weighted by molar-refractivity contribution is -0.137. The van der Waals surface area contributed by atoms with Gasteiger partial charge in [0.1, 0.15) is 11.6 Å². The minimum absolute atomic E-state index is 0.000137. The standard InChI is InChI=1S/C25H24FN3O5/c1-28-23(32)16-10-17-21(11-19(16)26)34-8-7-25(17)12-18(25)24(33)29-20-9-14(13-27)5-6-15(20)3-2-4-22(30)31/h5-6,9-11,18H,2-4,7-8,12H2,1H3,(H,28,32)(H,29,33)(H,30,31)/t18-,25-/m0/s1. The molecule has 8 nitrogen and oxygen atoms in total. The smallest absolute Gasteiger partial charge is 0.303 e. The van der Waals surface area contributed by atoms with E-state index in [1.807, 2.05) is 6.07 Å². The quantitative estimate of drug-likeness (QED) is 0.576. The number of carbonyl (C=O) groups excluding carboxylic acids is 2. The SMILES string of the molecule is CNC(=O)c1cc2c(cc1F)OCC[C@]21C[C@H]1C(=O)Nc1cc(C#N)ccc1CCCC(=O)O. The molecule has 0 radical (unpaired) electrons. The molecule has 2 aromatic carbocycles. The molecular weight excluding hydrogens is 441 g/mol. The van der Waals surface area contributed by atoms with Gasteiger partial charge in [0.05, 0.1) is 23.8 Å². The van der Waals surface area contributed by atoms with Crippen LogP contribution in [0.3, 0.4) is 0 Å². The summed E-state index contributed by atoms with van der Waals surface area (Å²) in [6, 6.07) is 9.66. The molecular formula is C25H24FN3O5. The summed E-state index contributed by atoms with van der Waals surface area (Å²) in [7, 11) is 1.42. The number of hydrogen-bond donors (Lipinski definition) is 3. The average Bonchev–Trinajstić information content (AvgIpc) is 3.53. The van der Waals surface area contributed by atoms with Crippen molar-refractivity contribution in [3.8, 4) is 11.8 Å². The minimum Gasteiger partial charge on any atom is -0.493 e. The van der Waals surface area contributed by atoms with Crippen molar-refractivity contribution < 1.29 is 28.6 Å². The number of fused-ring (bicyclic) bond motifs is 2. The lowest BCUT2D eigenvalue weighted by Gasteiger charge is -2.27. The number of rotatable bonds is 7. The van der Waals surface area contributed by atoms with Crippen molar-refractivity contribution in [2.45, 2.75) is 37.5 Å². The van der Waals surface area contributed by atoms with Gasteiger partial charge in [0, 0.05) is 42.1 Å². The Hall–Kier alpha value is -3.93. The Morgan fingerprint density at radius 3 is 2.79 bits per heavy atom. The van der Waals surface area contributed by atoms with Crippen molar-refractivity contribution in [2.24, 2.45) is 5.92 Å². The molecule has 1 heterocycles. The molecule has 0 saturated heterocycles. The van der Waals surface area contributed by atoms with E-state index < -0.39 is 29.0 Å². The molecule has 1 spiro atoms. The van der Waals surface area contributed by atoms with Crippen LogP contribution in [-0.4, -0.2) is 36.5 Å². The molecule has 3 N–H and O–H groups in total. The summed E-state index contributed by atoms with van der Waals surface area (Å²) in [6.45, 7) is 0.333. The lowest BCUT2D eigenvalue weighted by Crippen LogP contribution is -2.28. The zero-order valence-corrected chi connectivity index (χ0v) is 18.6. The van der Waals surface area contributed by atoms with E-state index in [1.165, 1.54) is 19.2 Å². The molecule has 2 aromatic rings. The number of aliphatic carboxylic acids is 1. The number of hydrogen-bond acceptors (Lipinski definition) is 5. The van der Waals surface area contributed by atoms with Crippen LogP contribution in [0.25, 0.3) is 0 Å². The molecule has 9 heteroatoms. The largest absolute Gasteiger partial charge is 0.493 e. The number of nitrogens with one attached hydrogen (secondary N) is 2. The Balaban J connectivity index is 1.58. The second-order valence-electron chi connectivity index (χ2n) is 8.64. The molecule has 2 atom stereocenters. The van der Waals surface area contributed by atoms with Gasteiger partial charge in [-0.1, -0.05) is 6.07 Å². The van der Waals surface area contributed by atoms with Crippen LogP contribution < -0.4 is 15.4 Å². The van der Waals surface area contributed by atoms with E-state index in [2.05, 4.69) is 10.6 Å². The fraction of sp³-hybridized carbons (Fsp3) is 0.360. The fourth-order valence-corrected chi connectivity index (χ4v) is 4.70. The highest BCUT2D eigenvalue weighted by Gasteiger charge is 2.61. The molecule has 176 valence electrons. The third-order valence-corrected chi connectivity index (χ3v) is 6.61. The summed E-state index contributed by atoms with van der Waals surface area (Å²) >= 11 is 0. The molecule has 2 aliphatic rings. The fourth-order valence-electron chi connectivity index (χ4n) is 4.70. The normalized spacial score (nSPS) is 20.0. The first-order chi connectivity index (χ1) is 16.3. The maximum atomic E-state index is 14.4. The number of nitriles is 1. The van der Waals surface area contributed by atoms with Gasteiger partial charge in [-0.05, 0) is 49.4 Å². The average molecular weight is 465 g/mol. The number of anilines is 1. The van der Waals surface area contributed by atoms with Crippen LogP contribution in [0.5, 0.6) is 5.75 Å². The summed E-state index contributed by atoms with van der Waals surface area (Å²) in [5.41, 5.74) is 1.61. The van der Waals surface area contributed by atoms with E-state index in [9.17, 15) is 24.0 Å². The highest BCUT2D eigenvalue weighted by Crippen LogP contribution is 2.61. The molecule has 1 saturated carbocycles. The Labute approximate surface area is 195 Å². The first-order valence-electron chi connectivity index (χ1n) is 11.0. The van der Waals surface area contributed by atoms with Crippen LogP contribution >= 0.6 is 0 Å². The van der Waals surface area contributed by atoms with Crippen molar-refractivity contribution >= 4 is 23.5 Å². The first-order valence-corrected chi connectivity index (χ1v) is 11.0. The van der Waals surface area contributed by atoms with E-state index in [0.717, 1.165) is 5.56 Å². The number of amides is 2. The highest BCUT2D eigenvalue weighted by atomic mass is 19.1. The third kappa shape index (κ3) is 4.31. The van der Waals surface area contributed by atoms with Gasteiger partial charge in [0.2, 0.25) is 5.91 Å². The maximum absolute atomic E-state index is 14.4. The van der Waals surface area contributed by atoms with Crippen LogP contribution in [-0.2, 0) is 21.4 Å². The van der Waals surface area contributed by atoms with E-state index in [4.69, 9.17) is 9.84 Å². The van der Waals surface area contributed by atoms with Gasteiger partial charge >= 0.3 is 5.97 Å². The first kappa shape index (κ1) is 23.2. The van der Waals surface area contributed by atoms with Gasteiger partial charge in [-0.15, -0.1) is 0 Å². The van der Waals surface area contributed by atoms with Crippen molar-refractivity contribution in [1.82, 2.24) is 5.32 Å². The van der Waals surface area contributed by atoms with Gasteiger partial charge in [-0.25, -0.2) is 4.39 Å². The van der Waals surface area contributed by atoms with Gasteiger partial charge in [-0.3, -0.25) is 14.4 Å². The predicted octanol–water partition coefficient (Wildman–Crippen LogP) is 3.14. The Kier molecular flexibility index (Phi) is 6.24. The summed E-state index contributed by atoms with van der Waals surface area (Å²) in [6.07, 6.45) is 1.92. The maximum Gasteiger partial charge on any atom is 0.303 e. The van der Waals surface area contributed by atoms with Crippen LogP contribution in [0.15, 0.2) is 30.3 Å². The number of ether oxygens (including phenoxy) is 1. The molecule has 0 aromatic heterocycles. The van der Waals surface area contributed by atoms with Crippen LogP contribution in [0.2, 0.25) is 0 Å². The molecule has 1 aliphatic carbocycles. The van der Waals surface area contributed by atoms with E-state index in [1.54, 1.807) is 18.2 Å². The number of halogens is 1. The second kappa shape index (κ2) is 9.14. The van der Waals surface area contributed by atoms with Crippen molar-refractivity contribution in [3.05, 3.63) is 58.4 Å². The number of carboxylic acids is 1. The van der Waals surface area contributed by atoms with Crippen molar-refractivity contribution in [3.63, 3.8) is 0 Å². The van der Waals surface area contributed by atoms with Crippen LogP contribution in [0.4, 0.5) is 10.1 Å². The van der Waals surface area contributed by atoms with Gasteiger partial charge in [0.25, 0.3) is 5.91 Å². The molecule has 4 rings (SSSR count). The van der Waals surface area contributed by atoms with Gasteiger partial charge < -0.3 is 20.5 Å². The monoisotopic (exact) mass is 465 g/mol. The predicted molar refractivity (Wildman–Crippen MR) is 120 cm³/mol. The zero-order chi connectivity index (χ0) is 24.5. The Bertz CT molecular complexity index is 1220. The number of benzene rings is 2. The van der Waals surface area contributed by atoms with Crippen LogP contribution in [0, 0.1) is 23.1 Å². The van der Waals surface area contributed by atoms with Crippen molar-refractivity contribution in [1.29, 1.82) is 5.26 Å². The molecule has 2 amide bonds. The summed E-state index contributed by atoms with van der Waals surface area (Å²) in [5, 5.41) is 23.5.